The highest BCUT2D eigenvalue weighted by Gasteiger charge is 2.27. The first-order valence-corrected chi connectivity index (χ1v) is 6.20. The first kappa shape index (κ1) is 13.0. The first-order valence-electron chi connectivity index (χ1n) is 5.83. The maximum Gasteiger partial charge on any atom is 0.251 e. The summed E-state index contributed by atoms with van der Waals surface area (Å²) < 4.78 is 0. The van der Waals surface area contributed by atoms with Crippen molar-refractivity contribution in [3.05, 3.63) is 35.5 Å². The lowest BCUT2D eigenvalue weighted by molar-refractivity contribution is -0.112. The van der Waals surface area contributed by atoms with Crippen LogP contribution in [0, 0.1) is 0 Å². The summed E-state index contributed by atoms with van der Waals surface area (Å²) >= 11 is 6.06. The van der Waals surface area contributed by atoms with Crippen LogP contribution in [0.25, 0.3) is 0 Å². The van der Waals surface area contributed by atoms with Gasteiger partial charge in [-0.3, -0.25) is 4.79 Å². The molecule has 0 saturated heterocycles. The van der Waals surface area contributed by atoms with Crippen molar-refractivity contribution in [3.63, 3.8) is 0 Å². The Kier molecular flexibility index (Phi) is 3.97. The molecule has 92 valence electrons. The Hall–Kier alpha value is -1.42. The van der Waals surface area contributed by atoms with Gasteiger partial charge in [0.2, 0.25) is 0 Å². The molecule has 0 heterocycles. The van der Waals surface area contributed by atoms with Crippen LogP contribution in [0.3, 0.4) is 0 Å². The summed E-state index contributed by atoms with van der Waals surface area (Å²) in [5, 5.41) is 3.20. The van der Waals surface area contributed by atoms with Crippen LogP contribution in [-0.2, 0) is 4.79 Å². The zero-order valence-corrected chi connectivity index (χ0v) is 10.9. The number of rotatable bonds is 4. The SMILES string of the molecule is [B]c1ccc(NC(=O)/C=C(/Cl)N(C)C2CC2)cc1. The summed E-state index contributed by atoms with van der Waals surface area (Å²) in [6, 6.07) is 7.45. The summed E-state index contributed by atoms with van der Waals surface area (Å²) in [4.78, 5) is 13.6. The van der Waals surface area contributed by atoms with Gasteiger partial charge in [-0.05, 0) is 25.0 Å². The van der Waals surface area contributed by atoms with Gasteiger partial charge in [0.25, 0.3) is 5.91 Å². The molecule has 5 heteroatoms. The molecule has 1 aliphatic carbocycles. The maximum absolute atomic E-state index is 11.7. The van der Waals surface area contributed by atoms with E-state index in [0.29, 0.717) is 22.3 Å². The summed E-state index contributed by atoms with van der Waals surface area (Å²) in [7, 11) is 7.46. The molecule has 1 amide bonds. The van der Waals surface area contributed by atoms with E-state index in [1.54, 1.807) is 24.3 Å². The number of amides is 1. The smallest absolute Gasteiger partial charge is 0.251 e. The Morgan fingerprint density at radius 1 is 1.44 bits per heavy atom. The van der Waals surface area contributed by atoms with E-state index in [9.17, 15) is 4.79 Å². The molecule has 2 radical (unpaired) electrons. The molecule has 1 fully saturated rings. The first-order chi connectivity index (χ1) is 8.56. The second-order valence-corrected chi connectivity index (χ2v) is 4.81. The zero-order chi connectivity index (χ0) is 13.1. The fourth-order valence-corrected chi connectivity index (χ4v) is 1.83. The Labute approximate surface area is 113 Å². The van der Waals surface area contributed by atoms with Gasteiger partial charge in [-0.2, -0.15) is 0 Å². The van der Waals surface area contributed by atoms with Crippen LogP contribution in [0.2, 0.25) is 0 Å². The fourth-order valence-electron chi connectivity index (χ4n) is 1.59. The van der Waals surface area contributed by atoms with Crippen LogP contribution < -0.4 is 10.8 Å². The molecule has 1 saturated carbocycles. The van der Waals surface area contributed by atoms with Gasteiger partial charge in [-0.15, -0.1) is 0 Å². The van der Waals surface area contributed by atoms with Crippen LogP contribution in [0.15, 0.2) is 35.5 Å². The van der Waals surface area contributed by atoms with Crippen LogP contribution in [0.5, 0.6) is 0 Å². The minimum absolute atomic E-state index is 0.239. The van der Waals surface area contributed by atoms with Crippen LogP contribution >= 0.6 is 11.6 Å². The molecule has 0 aliphatic heterocycles. The van der Waals surface area contributed by atoms with Gasteiger partial charge < -0.3 is 10.2 Å². The Morgan fingerprint density at radius 2 is 2.06 bits per heavy atom. The van der Waals surface area contributed by atoms with Crippen molar-refractivity contribution in [1.29, 1.82) is 0 Å². The molecule has 1 N–H and O–H groups in total. The Bertz CT molecular complexity index is 468. The predicted octanol–water partition coefficient (Wildman–Crippen LogP) is 1.59. The van der Waals surface area contributed by atoms with Crippen molar-refractivity contribution in [2.24, 2.45) is 0 Å². The van der Waals surface area contributed by atoms with E-state index in [0.717, 1.165) is 12.8 Å². The minimum Gasteiger partial charge on any atom is -0.362 e. The van der Waals surface area contributed by atoms with Crippen LogP contribution in [-0.4, -0.2) is 31.7 Å². The van der Waals surface area contributed by atoms with E-state index < -0.39 is 0 Å². The number of anilines is 1. The Morgan fingerprint density at radius 3 is 2.61 bits per heavy atom. The van der Waals surface area contributed by atoms with Gasteiger partial charge in [0.15, 0.2) is 0 Å². The quantitative estimate of drug-likeness (QED) is 0.507. The lowest BCUT2D eigenvalue weighted by Crippen LogP contribution is -2.19. The maximum atomic E-state index is 11.7. The molecular formula is C13H14BClN2O. The van der Waals surface area contributed by atoms with Crippen molar-refractivity contribution in [2.45, 2.75) is 18.9 Å². The number of benzene rings is 1. The molecule has 2 rings (SSSR count). The summed E-state index contributed by atoms with van der Waals surface area (Å²) in [6.45, 7) is 0. The van der Waals surface area contributed by atoms with Crippen molar-refractivity contribution in [3.8, 4) is 0 Å². The number of carbonyl (C=O) groups is 1. The predicted molar refractivity (Wildman–Crippen MR) is 75.2 cm³/mol. The molecule has 0 atom stereocenters. The van der Waals surface area contributed by atoms with Gasteiger partial charge in [0.1, 0.15) is 13.0 Å². The number of hydrogen-bond donors (Lipinski definition) is 1. The highest BCUT2D eigenvalue weighted by atomic mass is 35.5. The summed E-state index contributed by atoms with van der Waals surface area (Å²) in [6.07, 6.45) is 3.68. The zero-order valence-electron chi connectivity index (χ0n) is 10.2. The summed E-state index contributed by atoms with van der Waals surface area (Å²) in [5.41, 5.74) is 1.36. The number of hydrogen-bond acceptors (Lipinski definition) is 2. The van der Waals surface area contributed by atoms with Crippen LogP contribution in [0.4, 0.5) is 5.69 Å². The van der Waals surface area contributed by atoms with Gasteiger partial charge >= 0.3 is 0 Å². The molecule has 0 bridgehead atoms. The fraction of sp³-hybridized carbons (Fsp3) is 0.308. The van der Waals surface area contributed by atoms with Crippen molar-refractivity contribution < 1.29 is 4.79 Å². The van der Waals surface area contributed by atoms with Gasteiger partial charge in [-0.25, -0.2) is 0 Å². The molecule has 0 unspecified atom stereocenters. The lowest BCUT2D eigenvalue weighted by atomic mass is 9.96. The third-order valence-electron chi connectivity index (χ3n) is 2.86. The van der Waals surface area contributed by atoms with E-state index in [-0.39, 0.29) is 5.91 Å². The van der Waals surface area contributed by atoms with E-state index in [4.69, 9.17) is 19.4 Å². The third-order valence-corrected chi connectivity index (χ3v) is 3.24. The number of halogens is 1. The van der Waals surface area contributed by atoms with Crippen LogP contribution in [0.1, 0.15) is 12.8 Å². The van der Waals surface area contributed by atoms with E-state index >= 15 is 0 Å². The average Bonchev–Trinajstić information content (AvgIpc) is 3.15. The molecule has 18 heavy (non-hydrogen) atoms. The Balaban J connectivity index is 1.95. The standard InChI is InChI=1S/C13H14BClN2O/c1-17(11-6-7-11)12(15)8-13(18)16-10-4-2-9(14)3-5-10/h2-5,8,11H,6-7H2,1H3,(H,16,18)/b12-8-. The molecule has 1 aromatic carbocycles. The average molecular weight is 261 g/mol. The normalized spacial score (nSPS) is 15.3. The minimum atomic E-state index is -0.239. The number of nitrogens with zero attached hydrogens (tertiary/aromatic N) is 1. The van der Waals surface area contributed by atoms with E-state index in [1.807, 2.05) is 11.9 Å². The number of carbonyl (C=O) groups excluding carboxylic acids is 1. The van der Waals surface area contributed by atoms with Crippen molar-refractivity contribution in [1.82, 2.24) is 4.90 Å². The van der Waals surface area contributed by atoms with Gasteiger partial charge in [-0.1, -0.05) is 29.2 Å². The second kappa shape index (κ2) is 5.48. The van der Waals surface area contributed by atoms with Gasteiger partial charge in [0.05, 0.1) is 0 Å². The lowest BCUT2D eigenvalue weighted by Gasteiger charge is -2.16. The summed E-state index contributed by atoms with van der Waals surface area (Å²) in [5.74, 6) is -0.239. The molecule has 1 aliphatic rings. The monoisotopic (exact) mass is 260 g/mol. The molecule has 1 aromatic rings. The second-order valence-electron chi connectivity index (χ2n) is 4.42. The highest BCUT2D eigenvalue weighted by molar-refractivity contribution is 6.32. The van der Waals surface area contributed by atoms with Crippen molar-refractivity contribution >= 4 is 36.5 Å². The van der Waals surface area contributed by atoms with Gasteiger partial charge in [0, 0.05) is 24.9 Å². The van der Waals surface area contributed by atoms with Crippen molar-refractivity contribution in [2.75, 3.05) is 12.4 Å². The largest absolute Gasteiger partial charge is 0.362 e. The molecule has 0 spiro atoms. The van der Waals surface area contributed by atoms with E-state index in [1.165, 1.54) is 6.08 Å². The highest BCUT2D eigenvalue weighted by Crippen LogP contribution is 2.29. The third kappa shape index (κ3) is 3.54. The molecular weight excluding hydrogens is 246 g/mol. The number of nitrogens with one attached hydrogen (secondary N) is 1. The topological polar surface area (TPSA) is 32.3 Å². The molecule has 0 aromatic heterocycles. The molecule has 3 nitrogen and oxygen atoms in total. The van der Waals surface area contributed by atoms with E-state index in [2.05, 4.69) is 5.32 Å².